The molecule has 0 bridgehead atoms. The zero-order valence-electron chi connectivity index (χ0n) is 11.9. The highest BCUT2D eigenvalue weighted by Gasteiger charge is 2.16. The van der Waals surface area contributed by atoms with Crippen molar-refractivity contribution in [2.75, 3.05) is 13.7 Å². The lowest BCUT2D eigenvalue weighted by Gasteiger charge is -2.17. The van der Waals surface area contributed by atoms with Crippen molar-refractivity contribution in [2.24, 2.45) is 12.8 Å². The van der Waals surface area contributed by atoms with Crippen LogP contribution in [-0.2, 0) is 13.5 Å². The van der Waals surface area contributed by atoms with E-state index >= 15 is 0 Å². The fraction of sp³-hybridized carbons (Fsp3) is 0.400. The molecule has 0 unspecified atom stereocenters. The smallest absolute Gasteiger partial charge is 0.254 e. The van der Waals surface area contributed by atoms with Crippen LogP contribution in [-0.4, -0.2) is 18.2 Å². The number of ether oxygens (including phenoxy) is 1. The molecule has 19 heavy (non-hydrogen) atoms. The van der Waals surface area contributed by atoms with Gasteiger partial charge in [-0.3, -0.25) is 4.79 Å². The van der Waals surface area contributed by atoms with E-state index in [0.29, 0.717) is 13.0 Å². The van der Waals surface area contributed by atoms with Gasteiger partial charge in [0.05, 0.1) is 12.6 Å². The third-order valence-electron chi connectivity index (χ3n) is 3.69. The van der Waals surface area contributed by atoms with Crippen molar-refractivity contribution in [3.63, 3.8) is 0 Å². The summed E-state index contributed by atoms with van der Waals surface area (Å²) in [5, 5.41) is 1.09. The maximum absolute atomic E-state index is 12.4. The van der Waals surface area contributed by atoms with Gasteiger partial charge in [-0.15, -0.1) is 0 Å². The highest BCUT2D eigenvalue weighted by atomic mass is 16.5. The number of fused-ring (bicyclic) bond motifs is 1. The van der Waals surface area contributed by atoms with Gasteiger partial charge in [-0.25, -0.2) is 0 Å². The first-order chi connectivity index (χ1) is 9.02. The minimum atomic E-state index is 0.0133. The summed E-state index contributed by atoms with van der Waals surface area (Å²) in [4.78, 5) is 12.4. The first-order valence-corrected chi connectivity index (χ1v) is 6.38. The third-order valence-corrected chi connectivity index (χ3v) is 3.69. The fourth-order valence-electron chi connectivity index (χ4n) is 2.70. The summed E-state index contributed by atoms with van der Waals surface area (Å²) in [6.07, 6.45) is 0.602. The van der Waals surface area contributed by atoms with E-state index in [1.54, 1.807) is 18.7 Å². The van der Waals surface area contributed by atoms with Crippen LogP contribution in [0.5, 0.6) is 5.75 Å². The van der Waals surface area contributed by atoms with Gasteiger partial charge >= 0.3 is 0 Å². The summed E-state index contributed by atoms with van der Waals surface area (Å²) in [7, 11) is 3.41. The molecule has 1 heterocycles. The minimum absolute atomic E-state index is 0.0133. The average Bonchev–Trinajstić information content (AvgIpc) is 2.40. The fourth-order valence-corrected chi connectivity index (χ4v) is 2.70. The average molecular weight is 260 g/mol. The van der Waals surface area contributed by atoms with Crippen molar-refractivity contribution < 1.29 is 4.74 Å². The van der Waals surface area contributed by atoms with Crippen molar-refractivity contribution >= 4 is 10.9 Å². The van der Waals surface area contributed by atoms with Crippen molar-refractivity contribution in [1.29, 1.82) is 0 Å². The van der Waals surface area contributed by atoms with E-state index in [0.717, 1.165) is 33.3 Å². The van der Waals surface area contributed by atoms with Crippen molar-refractivity contribution in [3.8, 4) is 5.75 Å². The second-order valence-corrected chi connectivity index (χ2v) is 4.81. The van der Waals surface area contributed by atoms with Crippen LogP contribution in [0.2, 0.25) is 0 Å². The quantitative estimate of drug-likeness (QED) is 0.913. The van der Waals surface area contributed by atoms with E-state index < -0.39 is 0 Å². The first kappa shape index (κ1) is 13.6. The molecular formula is C15H20N2O2. The molecule has 0 amide bonds. The standard InChI is InChI=1S/C15H20N2O2/c1-9-5-6-12(19-4)14-13(9)10(2)11(7-8-16)15(18)17(14)3/h5-6H,7-8,16H2,1-4H3. The van der Waals surface area contributed by atoms with Gasteiger partial charge < -0.3 is 15.0 Å². The Kier molecular flexibility index (Phi) is 3.62. The van der Waals surface area contributed by atoms with E-state index in [1.807, 2.05) is 26.0 Å². The second-order valence-electron chi connectivity index (χ2n) is 4.81. The molecule has 2 aromatic rings. The Bertz CT molecular complexity index is 687. The highest BCUT2D eigenvalue weighted by Crippen LogP contribution is 2.30. The molecule has 0 spiro atoms. The second kappa shape index (κ2) is 5.05. The lowest BCUT2D eigenvalue weighted by Crippen LogP contribution is -2.25. The van der Waals surface area contributed by atoms with Crippen LogP contribution in [0.4, 0.5) is 0 Å². The van der Waals surface area contributed by atoms with Gasteiger partial charge in [0.15, 0.2) is 0 Å². The molecule has 0 aliphatic carbocycles. The number of methoxy groups -OCH3 is 1. The van der Waals surface area contributed by atoms with Crippen LogP contribution in [0.1, 0.15) is 16.7 Å². The monoisotopic (exact) mass is 260 g/mol. The van der Waals surface area contributed by atoms with E-state index in [-0.39, 0.29) is 5.56 Å². The molecule has 4 heteroatoms. The Hall–Kier alpha value is -1.81. The van der Waals surface area contributed by atoms with Gasteiger partial charge in [0.1, 0.15) is 5.75 Å². The molecule has 1 aromatic carbocycles. The van der Waals surface area contributed by atoms with Crippen LogP contribution in [0.3, 0.4) is 0 Å². The number of hydrogen-bond donors (Lipinski definition) is 1. The number of aryl methyl sites for hydroxylation is 3. The van der Waals surface area contributed by atoms with Crippen LogP contribution < -0.4 is 16.0 Å². The van der Waals surface area contributed by atoms with Gasteiger partial charge in [-0.2, -0.15) is 0 Å². The Morgan fingerprint density at radius 1 is 1.32 bits per heavy atom. The SMILES string of the molecule is COc1ccc(C)c2c(C)c(CCN)c(=O)n(C)c12. The Morgan fingerprint density at radius 3 is 2.58 bits per heavy atom. The molecule has 1 aromatic heterocycles. The summed E-state index contributed by atoms with van der Waals surface area (Å²) in [5.74, 6) is 0.725. The van der Waals surface area contributed by atoms with E-state index in [2.05, 4.69) is 0 Å². The zero-order chi connectivity index (χ0) is 14.2. The summed E-state index contributed by atoms with van der Waals surface area (Å²) >= 11 is 0. The van der Waals surface area contributed by atoms with E-state index in [4.69, 9.17) is 10.5 Å². The van der Waals surface area contributed by atoms with Crippen molar-refractivity contribution in [3.05, 3.63) is 39.2 Å². The Morgan fingerprint density at radius 2 is 2.00 bits per heavy atom. The summed E-state index contributed by atoms with van der Waals surface area (Å²) in [5.41, 5.74) is 9.43. The third kappa shape index (κ3) is 2.02. The topological polar surface area (TPSA) is 57.2 Å². The Labute approximate surface area is 112 Å². The summed E-state index contributed by atoms with van der Waals surface area (Å²) in [6, 6.07) is 3.92. The lowest BCUT2D eigenvalue weighted by molar-refractivity contribution is 0.417. The van der Waals surface area contributed by atoms with Crippen LogP contribution in [0, 0.1) is 13.8 Å². The molecular weight excluding hydrogens is 240 g/mol. The van der Waals surface area contributed by atoms with Crippen molar-refractivity contribution in [2.45, 2.75) is 20.3 Å². The lowest BCUT2D eigenvalue weighted by atomic mass is 9.98. The van der Waals surface area contributed by atoms with Gasteiger partial charge in [-0.05, 0) is 44.0 Å². The molecule has 2 rings (SSSR count). The van der Waals surface area contributed by atoms with Crippen LogP contribution in [0.25, 0.3) is 10.9 Å². The number of nitrogens with two attached hydrogens (primary N) is 1. The largest absolute Gasteiger partial charge is 0.495 e. The molecule has 0 saturated carbocycles. The van der Waals surface area contributed by atoms with E-state index in [1.165, 1.54) is 0 Å². The number of aromatic nitrogens is 1. The normalized spacial score (nSPS) is 11.0. The first-order valence-electron chi connectivity index (χ1n) is 6.38. The van der Waals surface area contributed by atoms with Crippen molar-refractivity contribution in [1.82, 2.24) is 4.57 Å². The molecule has 0 aliphatic heterocycles. The molecule has 0 saturated heterocycles. The van der Waals surface area contributed by atoms with Gasteiger partial charge in [0.25, 0.3) is 5.56 Å². The molecule has 0 radical (unpaired) electrons. The maximum Gasteiger partial charge on any atom is 0.254 e. The van der Waals surface area contributed by atoms with Crippen LogP contribution in [0.15, 0.2) is 16.9 Å². The molecule has 0 aliphatic rings. The number of hydrogen-bond acceptors (Lipinski definition) is 3. The molecule has 2 N–H and O–H groups in total. The highest BCUT2D eigenvalue weighted by molar-refractivity contribution is 5.91. The number of rotatable bonds is 3. The predicted molar refractivity (Wildman–Crippen MR) is 78.0 cm³/mol. The van der Waals surface area contributed by atoms with Gasteiger partial charge in [0.2, 0.25) is 0 Å². The molecule has 0 atom stereocenters. The molecule has 0 fully saturated rings. The van der Waals surface area contributed by atoms with Gasteiger partial charge in [0, 0.05) is 18.0 Å². The number of pyridine rings is 1. The minimum Gasteiger partial charge on any atom is -0.495 e. The molecule has 4 nitrogen and oxygen atoms in total. The Balaban J connectivity index is 3.01. The summed E-state index contributed by atoms with van der Waals surface area (Å²) in [6.45, 7) is 4.51. The van der Waals surface area contributed by atoms with Gasteiger partial charge in [-0.1, -0.05) is 6.07 Å². The zero-order valence-corrected chi connectivity index (χ0v) is 11.9. The summed E-state index contributed by atoms with van der Waals surface area (Å²) < 4.78 is 7.05. The number of nitrogens with zero attached hydrogens (tertiary/aromatic N) is 1. The number of benzene rings is 1. The van der Waals surface area contributed by atoms with E-state index in [9.17, 15) is 4.79 Å². The predicted octanol–water partition coefficient (Wildman–Crippen LogP) is 1.67. The molecule has 102 valence electrons. The van der Waals surface area contributed by atoms with Crippen LogP contribution >= 0.6 is 0 Å². The maximum atomic E-state index is 12.4.